The average Bonchev–Trinajstić information content (AvgIpc) is 2.62. The average molecular weight is 204 g/mol. The lowest BCUT2D eigenvalue weighted by atomic mass is 10.1. The lowest BCUT2D eigenvalue weighted by Gasteiger charge is -1.95. The number of nitrogens with one attached hydrogen (secondary N) is 1. The lowest BCUT2D eigenvalue weighted by Crippen LogP contribution is -1.86. The number of hydrogen-bond donors (Lipinski definition) is 1. The number of nitrogens with zero attached hydrogens (tertiary/aromatic N) is 3. The second kappa shape index (κ2) is 4.02. The molecule has 1 N–H and O–H groups in total. The zero-order valence-electron chi connectivity index (χ0n) is 7.94. The zero-order chi connectivity index (χ0) is 10.7. The molecule has 0 aliphatic carbocycles. The van der Waals surface area contributed by atoms with Crippen LogP contribution in [0.5, 0.6) is 0 Å². The molecule has 15 heavy (non-hydrogen) atoms. The second-order valence-electron chi connectivity index (χ2n) is 3.21. The highest BCUT2D eigenvalue weighted by Gasteiger charge is 2.03. The van der Waals surface area contributed by atoms with Crippen molar-refractivity contribution < 1.29 is 4.39 Å². The van der Waals surface area contributed by atoms with E-state index < -0.39 is 0 Å². The van der Waals surface area contributed by atoms with Gasteiger partial charge >= 0.3 is 0 Å². The van der Waals surface area contributed by atoms with Gasteiger partial charge in [0.05, 0.1) is 0 Å². The topological polar surface area (TPSA) is 64.6 Å². The Bertz CT molecular complexity index is 525. The third-order valence-electron chi connectivity index (χ3n) is 2.27. The van der Waals surface area contributed by atoms with E-state index in [0.29, 0.717) is 13.0 Å². The molecule has 0 fully saturated rings. The van der Waals surface area contributed by atoms with Crippen LogP contribution in [0.15, 0.2) is 29.5 Å². The molecule has 2 rings (SSSR count). The fraction of sp³-hybridized carbons (Fsp3) is 0.200. The van der Waals surface area contributed by atoms with Gasteiger partial charge in [-0.15, -0.1) is 0 Å². The molecule has 0 spiro atoms. The molecule has 0 aliphatic rings. The predicted octanol–water partition coefficient (Wildman–Crippen LogP) is 3.16. The Morgan fingerprint density at radius 3 is 3.13 bits per heavy atom. The van der Waals surface area contributed by atoms with Crippen LogP contribution in [0.3, 0.4) is 0 Å². The van der Waals surface area contributed by atoms with Crippen LogP contribution in [0, 0.1) is 5.82 Å². The van der Waals surface area contributed by atoms with Crippen molar-refractivity contribution in [3.8, 4) is 0 Å². The highest BCUT2D eigenvalue weighted by molar-refractivity contribution is 5.83. The van der Waals surface area contributed by atoms with E-state index in [1.54, 1.807) is 6.07 Å². The van der Waals surface area contributed by atoms with Gasteiger partial charge in [0.25, 0.3) is 0 Å². The van der Waals surface area contributed by atoms with E-state index >= 15 is 0 Å². The first-order valence-electron chi connectivity index (χ1n) is 4.57. The van der Waals surface area contributed by atoms with Crippen molar-refractivity contribution in [2.75, 3.05) is 6.54 Å². The maximum Gasteiger partial charge on any atom is 0.123 e. The maximum atomic E-state index is 13.0. The van der Waals surface area contributed by atoms with Crippen LogP contribution in [-0.4, -0.2) is 11.5 Å². The number of H-pyrrole nitrogens is 1. The number of aromatic amines is 1. The minimum absolute atomic E-state index is 0.257. The highest BCUT2D eigenvalue weighted by atomic mass is 19.1. The molecule has 0 unspecified atom stereocenters. The lowest BCUT2D eigenvalue weighted by molar-refractivity contribution is 0.629. The molecule has 0 atom stereocenters. The molecule has 0 bridgehead atoms. The zero-order valence-corrected chi connectivity index (χ0v) is 7.94. The Balaban J connectivity index is 2.34. The second-order valence-corrected chi connectivity index (χ2v) is 3.21. The Kier molecular flexibility index (Phi) is 2.56. The fourth-order valence-electron chi connectivity index (χ4n) is 1.57. The van der Waals surface area contributed by atoms with E-state index in [9.17, 15) is 4.39 Å². The number of rotatable bonds is 3. The summed E-state index contributed by atoms with van der Waals surface area (Å²) in [5.74, 6) is -0.257. The van der Waals surface area contributed by atoms with Crippen molar-refractivity contribution >= 4 is 10.9 Å². The maximum absolute atomic E-state index is 13.0. The van der Waals surface area contributed by atoms with Crippen LogP contribution in [0.1, 0.15) is 5.56 Å². The van der Waals surface area contributed by atoms with Crippen LogP contribution in [0.2, 0.25) is 0 Å². The smallest absolute Gasteiger partial charge is 0.123 e. The highest BCUT2D eigenvalue weighted by Crippen LogP contribution is 2.19. The quantitative estimate of drug-likeness (QED) is 0.453. The Morgan fingerprint density at radius 2 is 2.33 bits per heavy atom. The van der Waals surface area contributed by atoms with Gasteiger partial charge in [-0.1, -0.05) is 5.11 Å². The molecule has 1 aromatic carbocycles. The summed E-state index contributed by atoms with van der Waals surface area (Å²) >= 11 is 0. The van der Waals surface area contributed by atoms with E-state index in [1.807, 2.05) is 6.20 Å². The summed E-state index contributed by atoms with van der Waals surface area (Å²) in [6, 6.07) is 4.59. The van der Waals surface area contributed by atoms with Crippen molar-refractivity contribution in [1.82, 2.24) is 4.98 Å². The Labute approximate surface area is 85.4 Å². The van der Waals surface area contributed by atoms with Gasteiger partial charge in [-0.3, -0.25) is 0 Å². The molecular weight excluding hydrogens is 195 g/mol. The summed E-state index contributed by atoms with van der Waals surface area (Å²) in [5, 5.41) is 4.30. The molecule has 76 valence electrons. The van der Waals surface area contributed by atoms with Crippen molar-refractivity contribution in [3.63, 3.8) is 0 Å². The molecule has 0 aliphatic heterocycles. The third-order valence-corrected chi connectivity index (χ3v) is 2.27. The molecule has 5 heteroatoms. The van der Waals surface area contributed by atoms with Crippen LogP contribution in [-0.2, 0) is 6.42 Å². The third kappa shape index (κ3) is 1.92. The van der Waals surface area contributed by atoms with Gasteiger partial charge in [0.15, 0.2) is 0 Å². The van der Waals surface area contributed by atoms with Gasteiger partial charge < -0.3 is 4.98 Å². The number of fused-ring (bicyclic) bond motifs is 1. The number of azide groups is 1. The standard InChI is InChI=1S/C10H9FN4/c11-8-1-2-10-9(5-8)7(6-13-10)3-4-14-15-12/h1-2,5-6,13H,3-4H2. The molecule has 0 saturated carbocycles. The van der Waals surface area contributed by atoms with Crippen molar-refractivity contribution in [2.45, 2.75) is 6.42 Å². The first-order valence-corrected chi connectivity index (χ1v) is 4.57. The summed E-state index contributed by atoms with van der Waals surface area (Å²) in [6.45, 7) is 0.389. The molecule has 0 amide bonds. The Morgan fingerprint density at radius 1 is 1.47 bits per heavy atom. The molecule has 1 heterocycles. The van der Waals surface area contributed by atoms with E-state index in [2.05, 4.69) is 15.0 Å². The van der Waals surface area contributed by atoms with E-state index in [4.69, 9.17) is 5.53 Å². The van der Waals surface area contributed by atoms with Crippen LogP contribution in [0.25, 0.3) is 21.3 Å². The number of halogens is 1. The van der Waals surface area contributed by atoms with E-state index in [-0.39, 0.29) is 5.82 Å². The minimum Gasteiger partial charge on any atom is -0.361 e. The van der Waals surface area contributed by atoms with Crippen LogP contribution < -0.4 is 0 Å². The molecule has 2 aromatic rings. The molecule has 4 nitrogen and oxygen atoms in total. The summed E-state index contributed by atoms with van der Waals surface area (Å²) in [7, 11) is 0. The van der Waals surface area contributed by atoms with Crippen molar-refractivity contribution in [3.05, 3.63) is 46.2 Å². The number of benzene rings is 1. The number of hydrogen-bond acceptors (Lipinski definition) is 1. The molecular formula is C10H9FN4. The van der Waals surface area contributed by atoms with E-state index in [0.717, 1.165) is 16.5 Å². The first-order chi connectivity index (χ1) is 7.31. The van der Waals surface area contributed by atoms with E-state index in [1.165, 1.54) is 12.1 Å². The predicted molar refractivity (Wildman–Crippen MR) is 56.0 cm³/mol. The van der Waals surface area contributed by atoms with Gasteiger partial charge in [-0.2, -0.15) is 0 Å². The Hall–Kier alpha value is -2.00. The van der Waals surface area contributed by atoms with Gasteiger partial charge in [0.1, 0.15) is 5.82 Å². The SMILES string of the molecule is [N-]=[N+]=NCCc1c[nH]c2ccc(F)cc12. The van der Waals surface area contributed by atoms with Crippen molar-refractivity contribution in [1.29, 1.82) is 0 Å². The van der Waals surface area contributed by atoms with Gasteiger partial charge in [0.2, 0.25) is 0 Å². The molecule has 0 saturated heterocycles. The van der Waals surface area contributed by atoms with Crippen LogP contribution in [0.4, 0.5) is 4.39 Å². The minimum atomic E-state index is -0.257. The summed E-state index contributed by atoms with van der Waals surface area (Å²) in [4.78, 5) is 5.71. The summed E-state index contributed by atoms with van der Waals surface area (Å²) in [6.07, 6.45) is 2.44. The molecule has 1 aromatic heterocycles. The van der Waals surface area contributed by atoms with Gasteiger partial charge in [0, 0.05) is 28.6 Å². The van der Waals surface area contributed by atoms with Gasteiger partial charge in [-0.25, -0.2) is 4.39 Å². The normalized spacial score (nSPS) is 10.2. The summed E-state index contributed by atoms with van der Waals surface area (Å²) < 4.78 is 13.0. The van der Waals surface area contributed by atoms with Gasteiger partial charge in [-0.05, 0) is 35.7 Å². The largest absolute Gasteiger partial charge is 0.361 e. The molecule has 0 radical (unpaired) electrons. The first kappa shape index (κ1) is 9.55. The number of aromatic nitrogens is 1. The van der Waals surface area contributed by atoms with Crippen molar-refractivity contribution in [2.24, 2.45) is 5.11 Å². The monoisotopic (exact) mass is 204 g/mol. The summed E-state index contributed by atoms with van der Waals surface area (Å²) in [5.41, 5.74) is 10.0. The fourth-order valence-corrected chi connectivity index (χ4v) is 1.57. The van der Waals surface area contributed by atoms with Crippen LogP contribution >= 0.6 is 0 Å².